The summed E-state index contributed by atoms with van der Waals surface area (Å²) in [6, 6.07) is 20.3. The molecule has 0 radical (unpaired) electrons. The second-order valence-corrected chi connectivity index (χ2v) is 6.81. The van der Waals surface area contributed by atoms with Gasteiger partial charge in [0.2, 0.25) is 0 Å². The Balaban J connectivity index is 2.31. The summed E-state index contributed by atoms with van der Waals surface area (Å²) in [5, 5.41) is 0. The van der Waals surface area contributed by atoms with Crippen molar-refractivity contribution < 1.29 is 0 Å². The molecule has 0 saturated heterocycles. The maximum atomic E-state index is 13.6. The highest BCUT2D eigenvalue weighted by atomic mass is 16.1. The second kappa shape index (κ2) is 8.81. The van der Waals surface area contributed by atoms with Crippen LogP contribution in [0, 0.1) is 0 Å². The molecule has 1 heterocycles. The molecule has 3 heteroatoms. The fourth-order valence-electron chi connectivity index (χ4n) is 3.74. The lowest BCUT2D eigenvalue weighted by Crippen LogP contribution is -2.34. The van der Waals surface area contributed by atoms with Crippen LogP contribution in [-0.4, -0.2) is 9.55 Å². The van der Waals surface area contributed by atoms with Crippen molar-refractivity contribution in [2.24, 2.45) is 0 Å². The van der Waals surface area contributed by atoms with E-state index in [-0.39, 0.29) is 11.6 Å². The van der Waals surface area contributed by atoms with Crippen LogP contribution in [0.25, 0.3) is 0 Å². The third-order valence-corrected chi connectivity index (χ3v) is 5.01. The summed E-state index contributed by atoms with van der Waals surface area (Å²) in [6.07, 6.45) is 3.29. The molecule has 2 aromatic carbocycles. The average molecular weight is 361 g/mol. The number of aromatic nitrogens is 2. The van der Waals surface area contributed by atoms with E-state index in [1.807, 2.05) is 47.9 Å². The number of aryl methyl sites for hydroxylation is 2. The summed E-state index contributed by atoms with van der Waals surface area (Å²) >= 11 is 0. The molecular weight excluding hydrogens is 332 g/mol. The molecule has 0 spiro atoms. The van der Waals surface area contributed by atoms with Gasteiger partial charge in [0.1, 0.15) is 5.82 Å². The molecule has 3 nitrogen and oxygen atoms in total. The molecule has 0 bridgehead atoms. The molecule has 140 valence electrons. The molecule has 1 aromatic heterocycles. The summed E-state index contributed by atoms with van der Waals surface area (Å²) in [6.45, 7) is 6.26. The molecule has 27 heavy (non-hydrogen) atoms. The molecule has 0 unspecified atom stereocenters. The molecule has 0 amide bonds. The minimum absolute atomic E-state index is 0.102. The third-order valence-electron chi connectivity index (χ3n) is 5.01. The van der Waals surface area contributed by atoms with Crippen molar-refractivity contribution >= 4 is 0 Å². The van der Waals surface area contributed by atoms with Gasteiger partial charge in [-0.15, -0.1) is 0 Å². The Bertz CT molecular complexity index is 890. The van der Waals surface area contributed by atoms with Crippen molar-refractivity contribution in [3.05, 3.63) is 99.2 Å². The molecule has 0 aliphatic heterocycles. The van der Waals surface area contributed by atoms with Gasteiger partial charge in [-0.3, -0.25) is 9.36 Å². The number of hydrogen-bond acceptors (Lipinski definition) is 2. The lowest BCUT2D eigenvalue weighted by molar-refractivity contribution is 0.579. The van der Waals surface area contributed by atoms with E-state index in [4.69, 9.17) is 4.98 Å². The van der Waals surface area contributed by atoms with Gasteiger partial charge in [0.25, 0.3) is 5.56 Å². The summed E-state index contributed by atoms with van der Waals surface area (Å²) < 4.78 is 1.92. The molecule has 0 N–H and O–H groups in total. The SMILES string of the molecule is CCCc1nc(CC)n(C(c2ccccc2)c2ccccc2)c(=O)c1CC. The van der Waals surface area contributed by atoms with Gasteiger partial charge in [0.15, 0.2) is 0 Å². The zero-order valence-corrected chi connectivity index (χ0v) is 16.5. The van der Waals surface area contributed by atoms with Crippen molar-refractivity contribution in [2.45, 2.75) is 52.5 Å². The van der Waals surface area contributed by atoms with Crippen molar-refractivity contribution in [3.8, 4) is 0 Å². The molecule has 0 saturated carbocycles. The Labute approximate surface area is 161 Å². The summed E-state index contributed by atoms with van der Waals surface area (Å²) in [4.78, 5) is 18.5. The first kappa shape index (κ1) is 19.1. The van der Waals surface area contributed by atoms with Crippen molar-refractivity contribution in [1.29, 1.82) is 0 Å². The van der Waals surface area contributed by atoms with Crippen LogP contribution in [0.1, 0.15) is 61.4 Å². The Morgan fingerprint density at radius 3 is 1.85 bits per heavy atom. The molecule has 3 rings (SSSR count). The fourth-order valence-corrected chi connectivity index (χ4v) is 3.74. The van der Waals surface area contributed by atoms with Gasteiger partial charge in [0.05, 0.1) is 11.7 Å². The van der Waals surface area contributed by atoms with Crippen LogP contribution < -0.4 is 5.56 Å². The highest BCUT2D eigenvalue weighted by molar-refractivity contribution is 5.34. The van der Waals surface area contributed by atoms with Gasteiger partial charge in [0, 0.05) is 12.0 Å². The lowest BCUT2D eigenvalue weighted by Gasteiger charge is -2.25. The number of nitrogens with zero attached hydrogens (tertiary/aromatic N) is 2. The quantitative estimate of drug-likeness (QED) is 0.597. The van der Waals surface area contributed by atoms with E-state index in [1.165, 1.54) is 0 Å². The highest BCUT2D eigenvalue weighted by Crippen LogP contribution is 2.27. The standard InChI is InChI=1S/C24H28N2O/c1-4-13-21-20(5-2)24(27)26(22(6-3)25-21)23(18-14-9-7-10-15-18)19-16-11-8-12-17-19/h7-12,14-17,23H,4-6,13H2,1-3H3. The van der Waals surface area contributed by atoms with E-state index >= 15 is 0 Å². The average Bonchev–Trinajstić information content (AvgIpc) is 2.71. The van der Waals surface area contributed by atoms with Crippen LogP contribution in [-0.2, 0) is 19.3 Å². The number of rotatable bonds is 7. The van der Waals surface area contributed by atoms with Gasteiger partial charge in [-0.25, -0.2) is 4.98 Å². The molecule has 0 aliphatic rings. The van der Waals surface area contributed by atoms with Crippen LogP contribution in [0.5, 0.6) is 0 Å². The highest BCUT2D eigenvalue weighted by Gasteiger charge is 2.23. The summed E-state index contributed by atoms with van der Waals surface area (Å²) in [7, 11) is 0. The van der Waals surface area contributed by atoms with Crippen LogP contribution in [0.4, 0.5) is 0 Å². The monoisotopic (exact) mass is 360 g/mol. The maximum absolute atomic E-state index is 13.6. The van der Waals surface area contributed by atoms with E-state index in [2.05, 4.69) is 38.1 Å². The summed E-state index contributed by atoms with van der Waals surface area (Å²) in [5.74, 6) is 0.860. The van der Waals surface area contributed by atoms with Crippen molar-refractivity contribution in [3.63, 3.8) is 0 Å². The topological polar surface area (TPSA) is 34.9 Å². The minimum Gasteiger partial charge on any atom is -0.285 e. The molecule has 0 fully saturated rings. The van der Waals surface area contributed by atoms with Crippen LogP contribution >= 0.6 is 0 Å². The molecule has 0 aliphatic carbocycles. The van der Waals surface area contributed by atoms with Gasteiger partial charge < -0.3 is 0 Å². The Morgan fingerprint density at radius 2 is 1.41 bits per heavy atom. The fraction of sp³-hybridized carbons (Fsp3) is 0.333. The van der Waals surface area contributed by atoms with Crippen LogP contribution in [0.3, 0.4) is 0 Å². The Hall–Kier alpha value is -2.68. The van der Waals surface area contributed by atoms with Gasteiger partial charge in [-0.05, 0) is 24.0 Å². The van der Waals surface area contributed by atoms with E-state index in [0.29, 0.717) is 6.42 Å². The van der Waals surface area contributed by atoms with E-state index in [0.717, 1.165) is 47.5 Å². The van der Waals surface area contributed by atoms with E-state index in [9.17, 15) is 4.79 Å². The third kappa shape index (κ3) is 3.87. The lowest BCUT2D eigenvalue weighted by atomic mass is 9.97. The van der Waals surface area contributed by atoms with Gasteiger partial charge >= 0.3 is 0 Å². The Morgan fingerprint density at radius 1 is 0.852 bits per heavy atom. The zero-order valence-electron chi connectivity index (χ0n) is 16.5. The first-order chi connectivity index (χ1) is 13.2. The first-order valence-electron chi connectivity index (χ1n) is 9.94. The smallest absolute Gasteiger partial charge is 0.257 e. The summed E-state index contributed by atoms with van der Waals surface area (Å²) in [5.41, 5.74) is 4.13. The molecular formula is C24H28N2O. The van der Waals surface area contributed by atoms with Gasteiger partial charge in [-0.2, -0.15) is 0 Å². The zero-order chi connectivity index (χ0) is 19.2. The van der Waals surface area contributed by atoms with Crippen molar-refractivity contribution in [2.75, 3.05) is 0 Å². The number of benzene rings is 2. The van der Waals surface area contributed by atoms with Gasteiger partial charge in [-0.1, -0.05) is 87.9 Å². The largest absolute Gasteiger partial charge is 0.285 e. The molecule has 3 aromatic rings. The molecule has 0 atom stereocenters. The first-order valence-corrected chi connectivity index (χ1v) is 9.94. The predicted molar refractivity (Wildman–Crippen MR) is 111 cm³/mol. The van der Waals surface area contributed by atoms with E-state index in [1.54, 1.807) is 0 Å². The number of hydrogen-bond donors (Lipinski definition) is 0. The van der Waals surface area contributed by atoms with Crippen LogP contribution in [0.15, 0.2) is 65.5 Å². The normalized spacial score (nSPS) is 11.1. The van der Waals surface area contributed by atoms with Crippen LogP contribution in [0.2, 0.25) is 0 Å². The second-order valence-electron chi connectivity index (χ2n) is 6.81. The van der Waals surface area contributed by atoms with Crippen molar-refractivity contribution in [1.82, 2.24) is 9.55 Å². The van der Waals surface area contributed by atoms with E-state index < -0.39 is 0 Å². The maximum Gasteiger partial charge on any atom is 0.257 e. The predicted octanol–water partition coefficient (Wildman–Crippen LogP) is 4.96. The minimum atomic E-state index is -0.164. The Kier molecular flexibility index (Phi) is 6.23.